The number of aryl methyl sites for hydroxylation is 1. The Bertz CT molecular complexity index is 509. The zero-order valence-corrected chi connectivity index (χ0v) is 10.9. The lowest BCUT2D eigenvalue weighted by molar-refractivity contribution is 0.293. The fourth-order valence-electron chi connectivity index (χ4n) is 1.46. The molecule has 2 rings (SSSR count). The van der Waals surface area contributed by atoms with Crippen molar-refractivity contribution in [3.05, 3.63) is 46.9 Å². The van der Waals surface area contributed by atoms with Crippen LogP contribution < -0.4 is 9.47 Å². The Morgan fingerprint density at radius 3 is 2.50 bits per heavy atom. The quantitative estimate of drug-likeness (QED) is 0.796. The normalized spacial score (nSPS) is 10.2. The monoisotopic (exact) mass is 264 g/mol. The number of hydrogen-bond donors (Lipinski definition) is 0. The van der Waals surface area contributed by atoms with E-state index in [0.717, 1.165) is 17.0 Å². The van der Waals surface area contributed by atoms with Crippen molar-refractivity contribution in [1.82, 2.24) is 9.97 Å². The molecule has 2 aromatic rings. The molecule has 1 aromatic carbocycles. The van der Waals surface area contributed by atoms with Crippen molar-refractivity contribution in [3.63, 3.8) is 0 Å². The molecule has 5 heteroatoms. The second-order valence-electron chi connectivity index (χ2n) is 3.75. The minimum absolute atomic E-state index is 0.194. The van der Waals surface area contributed by atoms with E-state index in [-0.39, 0.29) is 5.28 Å². The van der Waals surface area contributed by atoms with Crippen molar-refractivity contribution in [2.24, 2.45) is 0 Å². The smallest absolute Gasteiger partial charge is 0.225 e. The number of benzene rings is 1. The third kappa shape index (κ3) is 3.34. The van der Waals surface area contributed by atoms with E-state index in [1.54, 1.807) is 13.2 Å². The Balaban J connectivity index is 2.01. The van der Waals surface area contributed by atoms with Crippen LogP contribution in [0.15, 0.2) is 30.3 Å². The number of halogens is 1. The molecule has 0 N–H and O–H groups in total. The molecule has 1 heterocycles. The van der Waals surface area contributed by atoms with Crippen LogP contribution in [-0.4, -0.2) is 17.1 Å². The first-order valence-electron chi connectivity index (χ1n) is 5.44. The highest BCUT2D eigenvalue weighted by atomic mass is 35.5. The van der Waals surface area contributed by atoms with Crippen LogP contribution in [0, 0.1) is 6.92 Å². The zero-order chi connectivity index (χ0) is 13.0. The minimum Gasteiger partial charge on any atom is -0.497 e. The maximum absolute atomic E-state index is 5.75. The highest BCUT2D eigenvalue weighted by Crippen LogP contribution is 2.15. The van der Waals surface area contributed by atoms with Crippen LogP contribution in [0.25, 0.3) is 0 Å². The van der Waals surface area contributed by atoms with E-state index in [0.29, 0.717) is 12.5 Å². The van der Waals surface area contributed by atoms with Crippen LogP contribution in [0.2, 0.25) is 5.28 Å². The molecule has 0 spiro atoms. The van der Waals surface area contributed by atoms with Gasteiger partial charge in [-0.3, -0.25) is 0 Å². The molecule has 0 saturated carbocycles. The topological polar surface area (TPSA) is 44.2 Å². The van der Waals surface area contributed by atoms with Gasteiger partial charge in [0.15, 0.2) is 0 Å². The second kappa shape index (κ2) is 5.69. The summed E-state index contributed by atoms with van der Waals surface area (Å²) in [5, 5.41) is 0.194. The average molecular weight is 265 g/mol. The molecule has 0 fully saturated rings. The van der Waals surface area contributed by atoms with E-state index in [2.05, 4.69) is 9.97 Å². The molecule has 0 saturated heterocycles. The summed E-state index contributed by atoms with van der Waals surface area (Å²) in [6, 6.07) is 9.40. The lowest BCUT2D eigenvalue weighted by atomic mass is 10.2. The number of hydrogen-bond acceptors (Lipinski definition) is 4. The Morgan fingerprint density at radius 1 is 1.17 bits per heavy atom. The summed E-state index contributed by atoms with van der Waals surface area (Å²) in [6.45, 7) is 2.27. The summed E-state index contributed by atoms with van der Waals surface area (Å²) < 4.78 is 10.6. The average Bonchev–Trinajstić information content (AvgIpc) is 2.36. The van der Waals surface area contributed by atoms with Crippen LogP contribution in [-0.2, 0) is 6.61 Å². The molecule has 0 amide bonds. The van der Waals surface area contributed by atoms with Crippen molar-refractivity contribution >= 4 is 11.6 Å². The van der Waals surface area contributed by atoms with Gasteiger partial charge in [0.2, 0.25) is 11.2 Å². The Hall–Kier alpha value is -1.81. The predicted molar refractivity (Wildman–Crippen MR) is 69.1 cm³/mol. The Labute approximate surface area is 111 Å². The summed E-state index contributed by atoms with van der Waals surface area (Å²) in [6.07, 6.45) is 0. The fraction of sp³-hybridized carbons (Fsp3) is 0.231. The van der Waals surface area contributed by atoms with E-state index in [9.17, 15) is 0 Å². The number of rotatable bonds is 4. The van der Waals surface area contributed by atoms with Gasteiger partial charge >= 0.3 is 0 Å². The van der Waals surface area contributed by atoms with Crippen molar-refractivity contribution in [2.75, 3.05) is 7.11 Å². The third-order valence-corrected chi connectivity index (χ3v) is 2.52. The van der Waals surface area contributed by atoms with Crippen LogP contribution in [0.3, 0.4) is 0 Å². The first-order chi connectivity index (χ1) is 8.67. The molecule has 94 valence electrons. The van der Waals surface area contributed by atoms with Crippen LogP contribution in [0.4, 0.5) is 0 Å². The van der Waals surface area contributed by atoms with Crippen molar-refractivity contribution in [1.29, 1.82) is 0 Å². The van der Waals surface area contributed by atoms with Gasteiger partial charge in [-0.1, -0.05) is 12.1 Å². The van der Waals surface area contributed by atoms with Gasteiger partial charge in [0.1, 0.15) is 12.4 Å². The maximum Gasteiger partial charge on any atom is 0.225 e. The first kappa shape index (κ1) is 12.6. The number of nitrogens with zero attached hydrogens (tertiary/aromatic N) is 2. The van der Waals surface area contributed by atoms with Gasteiger partial charge < -0.3 is 9.47 Å². The number of aromatic nitrogens is 2. The van der Waals surface area contributed by atoms with Crippen molar-refractivity contribution in [2.45, 2.75) is 13.5 Å². The highest BCUT2D eigenvalue weighted by molar-refractivity contribution is 6.28. The number of methoxy groups -OCH3 is 1. The summed E-state index contributed by atoms with van der Waals surface area (Å²) >= 11 is 5.75. The molecule has 18 heavy (non-hydrogen) atoms. The van der Waals surface area contributed by atoms with Crippen molar-refractivity contribution < 1.29 is 9.47 Å². The summed E-state index contributed by atoms with van der Waals surface area (Å²) in [5.74, 6) is 1.29. The molecule has 0 unspecified atom stereocenters. The standard InChI is InChI=1S/C13H13ClN2O2/c1-9-7-12(16-13(14)15-9)18-8-10-3-5-11(17-2)6-4-10/h3-7H,8H2,1-2H3. The van der Waals surface area contributed by atoms with Crippen LogP contribution >= 0.6 is 11.6 Å². The summed E-state index contributed by atoms with van der Waals surface area (Å²) in [5.41, 5.74) is 1.81. The Morgan fingerprint density at radius 2 is 1.89 bits per heavy atom. The minimum atomic E-state index is 0.194. The molecule has 1 aromatic heterocycles. The van der Waals surface area contributed by atoms with Gasteiger partial charge in [0, 0.05) is 11.8 Å². The van der Waals surface area contributed by atoms with Gasteiger partial charge in [-0.25, -0.2) is 4.98 Å². The molecule has 0 radical (unpaired) electrons. The van der Waals surface area contributed by atoms with E-state index in [4.69, 9.17) is 21.1 Å². The number of ether oxygens (including phenoxy) is 2. The van der Waals surface area contributed by atoms with Crippen molar-refractivity contribution in [3.8, 4) is 11.6 Å². The van der Waals surface area contributed by atoms with Crippen LogP contribution in [0.5, 0.6) is 11.6 Å². The molecule has 4 nitrogen and oxygen atoms in total. The zero-order valence-electron chi connectivity index (χ0n) is 10.2. The first-order valence-corrected chi connectivity index (χ1v) is 5.82. The summed E-state index contributed by atoms with van der Waals surface area (Å²) in [7, 11) is 1.64. The van der Waals surface area contributed by atoms with E-state index >= 15 is 0 Å². The molecule has 0 aliphatic heterocycles. The molecular weight excluding hydrogens is 252 g/mol. The van der Waals surface area contributed by atoms with Crippen LogP contribution in [0.1, 0.15) is 11.3 Å². The Kier molecular flexibility index (Phi) is 3.99. The fourth-order valence-corrected chi connectivity index (χ4v) is 1.67. The summed E-state index contributed by atoms with van der Waals surface area (Å²) in [4.78, 5) is 7.96. The lowest BCUT2D eigenvalue weighted by Gasteiger charge is -2.07. The third-order valence-electron chi connectivity index (χ3n) is 2.35. The van der Waals surface area contributed by atoms with Gasteiger partial charge in [-0.2, -0.15) is 4.98 Å². The SMILES string of the molecule is COc1ccc(COc2cc(C)nc(Cl)n2)cc1. The largest absolute Gasteiger partial charge is 0.497 e. The van der Waals surface area contributed by atoms with E-state index in [1.165, 1.54) is 0 Å². The van der Waals surface area contributed by atoms with Gasteiger partial charge in [-0.15, -0.1) is 0 Å². The molecule has 0 bridgehead atoms. The van der Waals surface area contributed by atoms with Gasteiger partial charge in [-0.05, 0) is 36.2 Å². The predicted octanol–water partition coefficient (Wildman–Crippen LogP) is 3.03. The molecule has 0 aliphatic carbocycles. The lowest BCUT2D eigenvalue weighted by Crippen LogP contribution is -1.99. The van der Waals surface area contributed by atoms with Gasteiger partial charge in [0.05, 0.1) is 7.11 Å². The maximum atomic E-state index is 5.75. The highest BCUT2D eigenvalue weighted by Gasteiger charge is 2.02. The van der Waals surface area contributed by atoms with Gasteiger partial charge in [0.25, 0.3) is 0 Å². The molecule has 0 atom stereocenters. The molecule has 0 aliphatic rings. The van der Waals surface area contributed by atoms with E-state index < -0.39 is 0 Å². The molecular formula is C13H13ClN2O2. The van der Waals surface area contributed by atoms with E-state index in [1.807, 2.05) is 31.2 Å². The second-order valence-corrected chi connectivity index (χ2v) is 4.09.